The SMILES string of the molecule is O=C(COc1ccc2c(=O)c(-c3ccccc3)c(C(F)(F)F)oc2c1)Nc1cccc(C(F)(F)F)c1. The average Bonchev–Trinajstić information content (AvgIpc) is 2.82. The van der Waals surface area contributed by atoms with Gasteiger partial charge in [-0.05, 0) is 35.9 Å². The Hall–Kier alpha value is -4.28. The molecule has 36 heavy (non-hydrogen) atoms. The molecule has 4 rings (SSSR count). The van der Waals surface area contributed by atoms with E-state index in [2.05, 4.69) is 5.32 Å². The first-order valence-corrected chi connectivity index (χ1v) is 10.3. The number of rotatable bonds is 5. The van der Waals surface area contributed by atoms with Crippen molar-refractivity contribution in [3.05, 3.63) is 94.3 Å². The first-order valence-electron chi connectivity index (χ1n) is 10.3. The topological polar surface area (TPSA) is 68.5 Å². The first-order chi connectivity index (χ1) is 16.9. The van der Waals surface area contributed by atoms with Gasteiger partial charge in [0.1, 0.15) is 11.3 Å². The molecular weight excluding hydrogens is 492 g/mol. The Bertz CT molecular complexity index is 1480. The van der Waals surface area contributed by atoms with Crippen LogP contribution in [0.15, 0.2) is 82.0 Å². The lowest BCUT2D eigenvalue weighted by Gasteiger charge is -2.13. The maximum atomic E-state index is 13.7. The van der Waals surface area contributed by atoms with E-state index < -0.39 is 52.8 Å². The van der Waals surface area contributed by atoms with E-state index in [-0.39, 0.29) is 22.4 Å². The molecule has 0 radical (unpaired) electrons. The van der Waals surface area contributed by atoms with Gasteiger partial charge in [0.25, 0.3) is 5.91 Å². The van der Waals surface area contributed by atoms with Crippen LogP contribution in [0.3, 0.4) is 0 Å². The van der Waals surface area contributed by atoms with Crippen molar-refractivity contribution in [3.8, 4) is 16.9 Å². The van der Waals surface area contributed by atoms with Crippen LogP contribution in [0.1, 0.15) is 11.3 Å². The number of hydrogen-bond acceptors (Lipinski definition) is 4. The summed E-state index contributed by atoms with van der Waals surface area (Å²) in [6.45, 7) is -0.666. The lowest BCUT2D eigenvalue weighted by atomic mass is 10.0. The lowest BCUT2D eigenvalue weighted by Crippen LogP contribution is -2.20. The molecule has 5 nitrogen and oxygen atoms in total. The number of hydrogen-bond donors (Lipinski definition) is 1. The van der Waals surface area contributed by atoms with Gasteiger partial charge >= 0.3 is 12.4 Å². The van der Waals surface area contributed by atoms with Crippen LogP contribution in [-0.4, -0.2) is 12.5 Å². The van der Waals surface area contributed by atoms with Crippen molar-refractivity contribution in [1.82, 2.24) is 0 Å². The zero-order valence-electron chi connectivity index (χ0n) is 18.0. The van der Waals surface area contributed by atoms with Crippen molar-refractivity contribution in [1.29, 1.82) is 0 Å². The Morgan fingerprint density at radius 2 is 1.58 bits per heavy atom. The summed E-state index contributed by atoms with van der Waals surface area (Å²) in [5.74, 6) is -2.39. The van der Waals surface area contributed by atoms with E-state index in [0.29, 0.717) is 0 Å². The molecule has 0 aliphatic carbocycles. The molecule has 0 spiro atoms. The van der Waals surface area contributed by atoms with Crippen molar-refractivity contribution < 1.29 is 40.3 Å². The number of amides is 1. The van der Waals surface area contributed by atoms with Gasteiger partial charge in [0.2, 0.25) is 11.2 Å². The molecule has 0 bridgehead atoms. The summed E-state index contributed by atoms with van der Waals surface area (Å²) in [6, 6.07) is 14.7. The predicted molar refractivity (Wildman–Crippen MR) is 118 cm³/mol. The number of ether oxygens (including phenoxy) is 1. The van der Waals surface area contributed by atoms with Gasteiger partial charge in [0.15, 0.2) is 6.61 Å². The highest BCUT2D eigenvalue weighted by Gasteiger charge is 2.39. The van der Waals surface area contributed by atoms with Crippen molar-refractivity contribution in [2.75, 3.05) is 11.9 Å². The summed E-state index contributed by atoms with van der Waals surface area (Å²) in [7, 11) is 0. The van der Waals surface area contributed by atoms with Crippen LogP contribution < -0.4 is 15.5 Å². The predicted octanol–water partition coefficient (Wildman–Crippen LogP) is 6.52. The molecule has 4 aromatic rings. The van der Waals surface area contributed by atoms with Gasteiger partial charge in [-0.3, -0.25) is 9.59 Å². The van der Waals surface area contributed by atoms with Crippen molar-refractivity contribution in [2.45, 2.75) is 12.4 Å². The molecule has 0 saturated carbocycles. The second-order valence-electron chi connectivity index (χ2n) is 7.57. The van der Waals surface area contributed by atoms with Crippen molar-refractivity contribution in [3.63, 3.8) is 0 Å². The van der Waals surface area contributed by atoms with Gasteiger partial charge in [-0.1, -0.05) is 36.4 Å². The van der Waals surface area contributed by atoms with Gasteiger partial charge in [0.05, 0.1) is 16.5 Å². The van der Waals surface area contributed by atoms with Crippen LogP contribution in [0.25, 0.3) is 22.1 Å². The molecule has 3 aromatic carbocycles. The molecule has 0 aliphatic rings. The normalized spacial score (nSPS) is 11.9. The summed E-state index contributed by atoms with van der Waals surface area (Å²) in [6.07, 6.45) is -9.57. The number of halogens is 6. The highest BCUT2D eigenvalue weighted by molar-refractivity contribution is 5.92. The van der Waals surface area contributed by atoms with Gasteiger partial charge in [-0.15, -0.1) is 0 Å². The maximum Gasteiger partial charge on any atom is 0.450 e. The van der Waals surface area contributed by atoms with Crippen LogP contribution in [0, 0.1) is 0 Å². The third-order valence-corrected chi connectivity index (χ3v) is 5.03. The highest BCUT2D eigenvalue weighted by Crippen LogP contribution is 2.37. The van der Waals surface area contributed by atoms with E-state index in [1.807, 2.05) is 0 Å². The van der Waals surface area contributed by atoms with E-state index in [0.717, 1.165) is 24.3 Å². The fourth-order valence-electron chi connectivity index (χ4n) is 3.45. The van der Waals surface area contributed by atoms with E-state index in [1.54, 1.807) is 6.07 Å². The van der Waals surface area contributed by atoms with Crippen LogP contribution in [0.5, 0.6) is 5.75 Å². The third kappa shape index (κ3) is 5.35. The first kappa shape index (κ1) is 24.8. The van der Waals surface area contributed by atoms with Gasteiger partial charge in [-0.2, -0.15) is 26.3 Å². The Balaban J connectivity index is 1.58. The second kappa shape index (κ2) is 9.40. The summed E-state index contributed by atoms with van der Waals surface area (Å²) >= 11 is 0. The van der Waals surface area contributed by atoms with E-state index in [4.69, 9.17) is 9.15 Å². The van der Waals surface area contributed by atoms with Gasteiger partial charge in [-0.25, -0.2) is 0 Å². The summed E-state index contributed by atoms with van der Waals surface area (Å²) in [5.41, 5.74) is -2.99. The van der Waals surface area contributed by atoms with Gasteiger partial charge in [0, 0.05) is 11.8 Å². The average molecular weight is 507 g/mol. The smallest absolute Gasteiger partial charge is 0.450 e. The molecule has 186 valence electrons. The van der Waals surface area contributed by atoms with Crippen LogP contribution in [0.4, 0.5) is 32.0 Å². The molecule has 0 aliphatic heterocycles. The number of anilines is 1. The molecule has 0 fully saturated rings. The molecule has 0 unspecified atom stereocenters. The van der Waals surface area contributed by atoms with E-state index in [1.165, 1.54) is 42.5 Å². The number of fused-ring (bicyclic) bond motifs is 1. The Kier molecular flexibility index (Phi) is 6.49. The Labute approximate surface area is 198 Å². The molecule has 0 atom stereocenters. The highest BCUT2D eigenvalue weighted by atomic mass is 19.4. The number of alkyl halides is 6. The minimum Gasteiger partial charge on any atom is -0.484 e. The fraction of sp³-hybridized carbons (Fsp3) is 0.120. The number of carbonyl (C=O) groups is 1. The molecule has 1 amide bonds. The largest absolute Gasteiger partial charge is 0.484 e. The number of benzene rings is 3. The second-order valence-corrected chi connectivity index (χ2v) is 7.57. The van der Waals surface area contributed by atoms with Crippen LogP contribution >= 0.6 is 0 Å². The Morgan fingerprint density at radius 3 is 2.25 bits per heavy atom. The number of carbonyl (C=O) groups excluding carboxylic acids is 1. The fourth-order valence-corrected chi connectivity index (χ4v) is 3.45. The molecule has 1 heterocycles. The zero-order chi connectivity index (χ0) is 26.1. The zero-order valence-corrected chi connectivity index (χ0v) is 18.0. The molecule has 11 heteroatoms. The molecular formula is C25H15F6NO4. The number of nitrogens with one attached hydrogen (secondary N) is 1. The Morgan fingerprint density at radius 1 is 0.861 bits per heavy atom. The minimum atomic E-state index is -4.97. The van der Waals surface area contributed by atoms with E-state index >= 15 is 0 Å². The monoisotopic (exact) mass is 507 g/mol. The lowest BCUT2D eigenvalue weighted by molar-refractivity contribution is -0.152. The van der Waals surface area contributed by atoms with Crippen molar-refractivity contribution in [2.24, 2.45) is 0 Å². The third-order valence-electron chi connectivity index (χ3n) is 5.03. The standard InChI is InChI=1S/C25H15F6NO4/c26-24(27,28)15-7-4-8-16(11-15)32-20(33)13-35-17-9-10-18-19(12-17)36-23(25(29,30)31)21(22(18)34)14-5-2-1-3-6-14/h1-12H,13H2,(H,32,33). The van der Waals surface area contributed by atoms with Crippen LogP contribution in [-0.2, 0) is 17.1 Å². The summed E-state index contributed by atoms with van der Waals surface area (Å²) in [4.78, 5) is 25.0. The van der Waals surface area contributed by atoms with Crippen LogP contribution in [0.2, 0.25) is 0 Å². The summed E-state index contributed by atoms with van der Waals surface area (Å²) < 4.78 is 89.9. The van der Waals surface area contributed by atoms with Crippen molar-refractivity contribution >= 4 is 22.6 Å². The summed E-state index contributed by atoms with van der Waals surface area (Å²) in [5, 5.41) is 2.10. The van der Waals surface area contributed by atoms with Gasteiger partial charge < -0.3 is 14.5 Å². The maximum absolute atomic E-state index is 13.7. The van der Waals surface area contributed by atoms with E-state index in [9.17, 15) is 35.9 Å². The molecule has 1 aromatic heterocycles. The molecule has 0 saturated heterocycles. The quantitative estimate of drug-likeness (QED) is 0.313. The minimum absolute atomic E-state index is 0.0343. The molecule has 1 N–H and O–H groups in total.